The molecule has 3 N–H and O–H groups in total. The van der Waals surface area contributed by atoms with Crippen molar-refractivity contribution in [1.82, 2.24) is 10.6 Å². The topological polar surface area (TPSA) is 70.6 Å². The quantitative estimate of drug-likeness (QED) is 0.752. The minimum Gasteiger partial charge on any atom is -0.494 e. The molecule has 2 atom stereocenters. The lowest BCUT2D eigenvalue weighted by Crippen LogP contribution is -2.46. The summed E-state index contributed by atoms with van der Waals surface area (Å²) in [6.07, 6.45) is 0.655. The third kappa shape index (κ3) is 6.44. The highest BCUT2D eigenvalue weighted by Crippen LogP contribution is 2.22. The average Bonchev–Trinajstić information content (AvgIpc) is 2.44. The zero-order valence-electron chi connectivity index (χ0n) is 14.4. The third-order valence-corrected chi connectivity index (χ3v) is 3.44. The second kappa shape index (κ2) is 8.15. The van der Waals surface area contributed by atoms with Crippen LogP contribution >= 0.6 is 0 Å². The van der Waals surface area contributed by atoms with Gasteiger partial charge in [-0.2, -0.15) is 0 Å². The van der Waals surface area contributed by atoms with Crippen LogP contribution in [-0.2, 0) is 0 Å². The number of hydrogen-bond acceptors (Lipinski definition) is 3. The molecule has 2 unspecified atom stereocenters. The number of carbonyl (C=O) groups excluding carboxylic acids is 1. The summed E-state index contributed by atoms with van der Waals surface area (Å²) in [4.78, 5) is 12.0. The van der Waals surface area contributed by atoms with E-state index in [0.29, 0.717) is 12.0 Å². The molecule has 5 nitrogen and oxygen atoms in total. The molecule has 0 saturated heterocycles. The van der Waals surface area contributed by atoms with E-state index in [0.717, 1.165) is 0 Å². The Morgan fingerprint density at radius 3 is 2.48 bits per heavy atom. The van der Waals surface area contributed by atoms with Gasteiger partial charge in [-0.05, 0) is 36.5 Å². The Hall–Kier alpha value is -1.82. The van der Waals surface area contributed by atoms with Crippen LogP contribution in [0.3, 0.4) is 0 Å². The fourth-order valence-electron chi connectivity index (χ4n) is 2.36. The lowest BCUT2D eigenvalue weighted by atomic mass is 9.88. The van der Waals surface area contributed by atoms with Gasteiger partial charge in [-0.3, -0.25) is 0 Å². The zero-order chi connectivity index (χ0) is 17.6. The van der Waals surface area contributed by atoms with Crippen molar-refractivity contribution in [2.45, 2.75) is 46.2 Å². The zero-order valence-corrected chi connectivity index (χ0v) is 14.4. The number of halogens is 1. The molecule has 23 heavy (non-hydrogen) atoms. The van der Waals surface area contributed by atoms with Crippen molar-refractivity contribution < 1.29 is 19.0 Å². The molecule has 1 aromatic rings. The van der Waals surface area contributed by atoms with Crippen LogP contribution in [0.15, 0.2) is 18.2 Å². The largest absolute Gasteiger partial charge is 0.494 e. The fourth-order valence-corrected chi connectivity index (χ4v) is 2.36. The summed E-state index contributed by atoms with van der Waals surface area (Å²) in [5.74, 6) is -0.309. The van der Waals surface area contributed by atoms with Crippen molar-refractivity contribution >= 4 is 6.03 Å². The van der Waals surface area contributed by atoms with Crippen molar-refractivity contribution in [1.29, 1.82) is 0 Å². The number of carbonyl (C=O) groups is 1. The lowest BCUT2D eigenvalue weighted by molar-refractivity contribution is 0.189. The highest BCUT2D eigenvalue weighted by Gasteiger charge is 2.20. The maximum absolute atomic E-state index is 13.7. The van der Waals surface area contributed by atoms with E-state index in [1.54, 1.807) is 13.0 Å². The molecule has 0 aromatic heterocycles. The van der Waals surface area contributed by atoms with Crippen molar-refractivity contribution in [3.8, 4) is 5.75 Å². The minimum atomic E-state index is -0.472. The van der Waals surface area contributed by atoms with Gasteiger partial charge in [0, 0.05) is 0 Å². The molecule has 1 aromatic carbocycles. The number of urea groups is 1. The third-order valence-electron chi connectivity index (χ3n) is 3.44. The van der Waals surface area contributed by atoms with Crippen LogP contribution in [0.5, 0.6) is 5.75 Å². The van der Waals surface area contributed by atoms with Gasteiger partial charge in [-0.15, -0.1) is 0 Å². The first kappa shape index (κ1) is 19.2. The highest BCUT2D eigenvalue weighted by molar-refractivity contribution is 5.74. The predicted octanol–water partition coefficient (Wildman–Crippen LogP) is 2.99. The van der Waals surface area contributed by atoms with Crippen molar-refractivity contribution in [2.75, 3.05) is 13.7 Å². The van der Waals surface area contributed by atoms with Gasteiger partial charge in [0.05, 0.1) is 25.8 Å². The molecule has 0 aliphatic rings. The Morgan fingerprint density at radius 2 is 2.00 bits per heavy atom. The molecule has 0 heterocycles. The van der Waals surface area contributed by atoms with E-state index in [1.807, 2.05) is 20.8 Å². The normalized spacial score (nSPS) is 14.0. The summed E-state index contributed by atoms with van der Waals surface area (Å²) < 4.78 is 18.6. The van der Waals surface area contributed by atoms with Crippen LogP contribution in [-0.4, -0.2) is 30.9 Å². The number of benzene rings is 1. The Morgan fingerprint density at radius 1 is 1.35 bits per heavy atom. The maximum atomic E-state index is 13.7. The average molecular weight is 326 g/mol. The van der Waals surface area contributed by atoms with Crippen LogP contribution in [0, 0.1) is 11.2 Å². The summed E-state index contributed by atoms with van der Waals surface area (Å²) in [6, 6.07) is 3.47. The van der Waals surface area contributed by atoms with Crippen LogP contribution < -0.4 is 15.4 Å². The lowest BCUT2D eigenvalue weighted by Gasteiger charge is -2.26. The Kier molecular flexibility index (Phi) is 6.81. The molecule has 0 aliphatic carbocycles. The van der Waals surface area contributed by atoms with Gasteiger partial charge in [-0.1, -0.05) is 26.8 Å². The van der Waals surface area contributed by atoms with Gasteiger partial charge >= 0.3 is 6.03 Å². The summed E-state index contributed by atoms with van der Waals surface area (Å²) in [5, 5.41) is 14.9. The van der Waals surface area contributed by atoms with Gasteiger partial charge in [0.25, 0.3) is 0 Å². The van der Waals surface area contributed by atoms with Crippen LogP contribution in [0.25, 0.3) is 0 Å². The van der Waals surface area contributed by atoms with Crippen LogP contribution in [0.4, 0.5) is 9.18 Å². The summed E-state index contributed by atoms with van der Waals surface area (Å²) in [7, 11) is 1.40. The van der Waals surface area contributed by atoms with Gasteiger partial charge in [-0.25, -0.2) is 9.18 Å². The molecule has 0 fully saturated rings. The fraction of sp³-hybridized carbons (Fsp3) is 0.588. The number of nitrogens with one attached hydrogen (secondary N) is 2. The molecule has 0 aliphatic heterocycles. The first-order valence-corrected chi connectivity index (χ1v) is 7.67. The first-order valence-electron chi connectivity index (χ1n) is 7.67. The molecule has 0 saturated carbocycles. The molecule has 1 rings (SSSR count). The Bertz CT molecular complexity index is 529. The summed E-state index contributed by atoms with van der Waals surface area (Å²) in [5.41, 5.74) is 0.626. The van der Waals surface area contributed by atoms with Crippen molar-refractivity contribution in [3.63, 3.8) is 0 Å². The molecule has 0 radical (unpaired) electrons. The van der Waals surface area contributed by atoms with Gasteiger partial charge in [0.15, 0.2) is 11.6 Å². The first-order chi connectivity index (χ1) is 10.7. The summed E-state index contributed by atoms with van der Waals surface area (Å²) >= 11 is 0. The second-order valence-corrected chi connectivity index (χ2v) is 6.88. The van der Waals surface area contributed by atoms with E-state index in [1.165, 1.54) is 19.2 Å². The van der Waals surface area contributed by atoms with Gasteiger partial charge < -0.3 is 20.5 Å². The molecule has 0 bridgehead atoms. The van der Waals surface area contributed by atoms with E-state index < -0.39 is 11.8 Å². The predicted molar refractivity (Wildman–Crippen MR) is 88.0 cm³/mol. The number of aliphatic hydroxyl groups is 1. The number of amides is 2. The van der Waals surface area contributed by atoms with Crippen LogP contribution in [0.2, 0.25) is 0 Å². The molecule has 130 valence electrons. The Labute approximate surface area is 137 Å². The molecule has 0 spiro atoms. The van der Waals surface area contributed by atoms with E-state index in [4.69, 9.17) is 4.74 Å². The van der Waals surface area contributed by atoms with Gasteiger partial charge in [0.1, 0.15) is 0 Å². The van der Waals surface area contributed by atoms with E-state index in [9.17, 15) is 14.3 Å². The molecular weight excluding hydrogens is 299 g/mol. The minimum absolute atomic E-state index is 0.00853. The molecule has 6 heteroatoms. The monoisotopic (exact) mass is 326 g/mol. The Balaban J connectivity index is 2.64. The number of ether oxygens (including phenoxy) is 1. The number of methoxy groups -OCH3 is 1. The number of aliphatic hydroxyl groups excluding tert-OH is 1. The van der Waals surface area contributed by atoms with E-state index >= 15 is 0 Å². The molecular formula is C17H27FN2O3. The molecule has 2 amide bonds. The maximum Gasteiger partial charge on any atom is 0.315 e. The van der Waals surface area contributed by atoms with Gasteiger partial charge in [0.2, 0.25) is 0 Å². The SMILES string of the molecule is COc1ccc(C(C)NC(=O)NC(CO)CC(C)(C)C)cc1F. The summed E-state index contributed by atoms with van der Waals surface area (Å²) in [6.45, 7) is 7.75. The van der Waals surface area contributed by atoms with E-state index in [-0.39, 0.29) is 29.9 Å². The van der Waals surface area contributed by atoms with Crippen LogP contribution in [0.1, 0.15) is 45.7 Å². The number of hydrogen-bond donors (Lipinski definition) is 3. The highest BCUT2D eigenvalue weighted by atomic mass is 19.1. The van der Waals surface area contributed by atoms with E-state index in [2.05, 4.69) is 10.6 Å². The standard InChI is InChI=1S/C17H27FN2O3/c1-11(12-6-7-15(23-5)14(18)8-12)19-16(22)20-13(10-21)9-17(2,3)4/h6-8,11,13,21H,9-10H2,1-5H3,(H2,19,20,22). The smallest absolute Gasteiger partial charge is 0.315 e. The van der Waals surface area contributed by atoms with Crippen molar-refractivity contribution in [3.05, 3.63) is 29.6 Å². The number of rotatable bonds is 6. The second-order valence-electron chi connectivity index (χ2n) is 6.88. The van der Waals surface area contributed by atoms with Crippen molar-refractivity contribution in [2.24, 2.45) is 5.41 Å².